The number of carbonyl (C=O) groups excluding carboxylic acids is 3. The largest absolute Gasteiger partial charge is 0.351 e. The van der Waals surface area contributed by atoms with Crippen LogP contribution >= 0.6 is 0 Å². The van der Waals surface area contributed by atoms with Crippen molar-refractivity contribution in [3.05, 3.63) is 58.4 Å². The number of hydrogen-bond acceptors (Lipinski definition) is 5. The van der Waals surface area contributed by atoms with Gasteiger partial charge in [0.15, 0.2) is 11.5 Å². The molecule has 1 amide bonds. The minimum absolute atomic E-state index is 0.0275. The Kier molecular flexibility index (Phi) is 5.44. The summed E-state index contributed by atoms with van der Waals surface area (Å²) in [4.78, 5) is 37.5. The van der Waals surface area contributed by atoms with Gasteiger partial charge in [0.05, 0.1) is 0 Å². The Balaban J connectivity index is 1.66. The fourth-order valence-electron chi connectivity index (χ4n) is 3.92. The molecule has 1 N–H and O–H groups in total. The van der Waals surface area contributed by atoms with Crippen LogP contribution in [0.5, 0.6) is 0 Å². The van der Waals surface area contributed by atoms with Gasteiger partial charge in [-0.25, -0.2) is 0 Å². The minimum atomic E-state index is -0.675. The third kappa shape index (κ3) is 3.94. The van der Waals surface area contributed by atoms with Gasteiger partial charge >= 0.3 is 0 Å². The van der Waals surface area contributed by atoms with Gasteiger partial charge < -0.3 is 5.32 Å². The van der Waals surface area contributed by atoms with Crippen molar-refractivity contribution in [2.75, 3.05) is 6.54 Å². The number of amides is 1. The van der Waals surface area contributed by atoms with E-state index in [2.05, 4.69) is 15.5 Å². The maximum Gasteiger partial charge on any atom is 0.271 e. The Bertz CT molecular complexity index is 870. The topological polar surface area (TPSA) is 89.0 Å². The van der Waals surface area contributed by atoms with Gasteiger partial charge in [0.1, 0.15) is 11.7 Å². The number of nitrogens with one attached hydrogen (secondary N) is 1. The third-order valence-electron chi connectivity index (χ3n) is 5.07. The molecule has 1 aliphatic carbocycles. The second-order valence-electron chi connectivity index (χ2n) is 7.17. The highest BCUT2D eigenvalue weighted by atomic mass is 16.2. The predicted octanol–water partition coefficient (Wildman–Crippen LogP) is 2.46. The minimum Gasteiger partial charge on any atom is -0.351 e. The molecule has 0 bridgehead atoms. The molecular formula is C21H23N3O3. The van der Waals surface area contributed by atoms with Crippen LogP contribution in [0.3, 0.4) is 0 Å². The zero-order valence-corrected chi connectivity index (χ0v) is 15.8. The number of carbonyl (C=O) groups is 3. The van der Waals surface area contributed by atoms with E-state index in [1.165, 1.54) is 6.20 Å². The summed E-state index contributed by atoms with van der Waals surface area (Å²) in [6.07, 6.45) is 2.17. The van der Waals surface area contributed by atoms with Crippen LogP contribution in [0.25, 0.3) is 0 Å². The number of benzene rings is 1. The van der Waals surface area contributed by atoms with Gasteiger partial charge in [-0.1, -0.05) is 17.7 Å². The first-order valence-electron chi connectivity index (χ1n) is 9.08. The Hall–Kier alpha value is -2.89. The number of nitrogens with zero attached hydrogens (tertiary/aromatic N) is 2. The molecule has 1 saturated carbocycles. The molecule has 3 rings (SSSR count). The van der Waals surface area contributed by atoms with Gasteiger partial charge in [-0.05, 0) is 56.0 Å². The van der Waals surface area contributed by atoms with Crippen LogP contribution in [0.4, 0.5) is 0 Å². The molecule has 0 saturated heterocycles. The number of aromatic nitrogens is 2. The van der Waals surface area contributed by atoms with Crippen LogP contribution in [0.1, 0.15) is 51.5 Å². The number of Topliss-reactive ketones (excluding diaryl/α,β-unsaturated/α-hetero) is 2. The van der Waals surface area contributed by atoms with Crippen LogP contribution in [0, 0.1) is 26.7 Å². The van der Waals surface area contributed by atoms with Crippen LogP contribution in [-0.2, 0) is 9.59 Å². The van der Waals surface area contributed by atoms with Crippen LogP contribution < -0.4 is 5.32 Å². The first kappa shape index (κ1) is 18.9. The summed E-state index contributed by atoms with van der Waals surface area (Å²) in [5.74, 6) is -1.43. The second kappa shape index (κ2) is 7.78. The molecule has 2 aromatic rings. The van der Waals surface area contributed by atoms with Crippen LogP contribution in [0.2, 0.25) is 0 Å². The van der Waals surface area contributed by atoms with Crippen molar-refractivity contribution in [1.82, 2.24) is 15.5 Å². The summed E-state index contributed by atoms with van der Waals surface area (Å²) in [5.41, 5.74) is 4.17. The summed E-state index contributed by atoms with van der Waals surface area (Å²) < 4.78 is 0. The molecule has 27 heavy (non-hydrogen) atoms. The second-order valence-corrected chi connectivity index (χ2v) is 7.17. The lowest BCUT2D eigenvalue weighted by Gasteiger charge is -2.16. The number of aryl methyl sites for hydroxylation is 3. The molecule has 1 aliphatic rings. The number of rotatable bonds is 5. The maximum absolute atomic E-state index is 12.9. The fourth-order valence-corrected chi connectivity index (χ4v) is 3.92. The summed E-state index contributed by atoms with van der Waals surface area (Å²) in [6, 6.07) is 7.23. The summed E-state index contributed by atoms with van der Waals surface area (Å²) >= 11 is 0. The van der Waals surface area contributed by atoms with Crippen LogP contribution in [0.15, 0.2) is 30.5 Å². The summed E-state index contributed by atoms with van der Waals surface area (Å²) in [7, 11) is 0. The monoisotopic (exact) mass is 365 g/mol. The summed E-state index contributed by atoms with van der Waals surface area (Å²) in [6.45, 7) is 6.22. The van der Waals surface area contributed by atoms with E-state index in [4.69, 9.17) is 0 Å². The Morgan fingerprint density at radius 2 is 1.89 bits per heavy atom. The van der Waals surface area contributed by atoms with Crippen LogP contribution in [-0.4, -0.2) is 34.2 Å². The molecule has 1 aromatic carbocycles. The Labute approximate surface area is 158 Å². The lowest BCUT2D eigenvalue weighted by molar-refractivity contribution is -0.124. The van der Waals surface area contributed by atoms with E-state index >= 15 is 0 Å². The van der Waals surface area contributed by atoms with Crippen molar-refractivity contribution in [2.45, 2.75) is 39.5 Å². The van der Waals surface area contributed by atoms with Crippen molar-refractivity contribution >= 4 is 17.5 Å². The normalized spacial score (nSPS) is 19.4. The molecule has 2 unspecified atom stereocenters. The van der Waals surface area contributed by atoms with Crippen molar-refractivity contribution in [3.63, 3.8) is 0 Å². The molecule has 1 fully saturated rings. The first-order valence-corrected chi connectivity index (χ1v) is 9.08. The molecule has 0 spiro atoms. The number of hydrogen-bond donors (Lipinski definition) is 1. The van der Waals surface area contributed by atoms with E-state index in [1.807, 2.05) is 32.9 Å². The highest BCUT2D eigenvalue weighted by Gasteiger charge is 2.42. The van der Waals surface area contributed by atoms with E-state index in [0.29, 0.717) is 13.0 Å². The lowest BCUT2D eigenvalue weighted by Crippen LogP contribution is -2.28. The zero-order valence-electron chi connectivity index (χ0n) is 15.8. The van der Waals surface area contributed by atoms with E-state index in [-0.39, 0.29) is 35.5 Å². The van der Waals surface area contributed by atoms with Gasteiger partial charge in [0, 0.05) is 25.1 Å². The molecule has 0 aliphatic heterocycles. The standard InChI is InChI=1S/C21H23N3O3/c1-12-9-13(2)18(14(3)10-12)19-17(25)11-15(20(19)26)6-8-22-21(27)16-5-4-7-23-24-16/h4-5,7,9-10,15,19H,6,8,11H2,1-3H3,(H,22,27). The SMILES string of the molecule is Cc1cc(C)c(C2C(=O)CC(CCNC(=O)c3cccnn3)C2=O)c(C)c1. The molecule has 1 heterocycles. The summed E-state index contributed by atoms with van der Waals surface area (Å²) in [5, 5.41) is 10.2. The highest BCUT2D eigenvalue weighted by Crippen LogP contribution is 2.37. The van der Waals surface area contributed by atoms with Gasteiger partial charge in [-0.15, -0.1) is 5.10 Å². The Morgan fingerprint density at radius 1 is 1.19 bits per heavy atom. The molecule has 6 heteroatoms. The lowest BCUT2D eigenvalue weighted by atomic mass is 9.86. The van der Waals surface area contributed by atoms with E-state index in [0.717, 1.165) is 22.3 Å². The predicted molar refractivity (Wildman–Crippen MR) is 100 cm³/mol. The van der Waals surface area contributed by atoms with Crippen molar-refractivity contribution in [3.8, 4) is 0 Å². The fraction of sp³-hybridized carbons (Fsp3) is 0.381. The molecule has 1 aromatic heterocycles. The maximum atomic E-state index is 12.9. The van der Waals surface area contributed by atoms with E-state index < -0.39 is 5.92 Å². The number of ketones is 2. The van der Waals surface area contributed by atoms with E-state index in [9.17, 15) is 14.4 Å². The molecule has 2 atom stereocenters. The van der Waals surface area contributed by atoms with E-state index in [1.54, 1.807) is 12.1 Å². The average molecular weight is 365 g/mol. The first-order chi connectivity index (χ1) is 12.9. The van der Waals surface area contributed by atoms with Gasteiger partial charge in [0.2, 0.25) is 0 Å². The van der Waals surface area contributed by atoms with Crippen molar-refractivity contribution in [2.24, 2.45) is 5.92 Å². The quantitative estimate of drug-likeness (QED) is 0.822. The van der Waals surface area contributed by atoms with Gasteiger partial charge in [-0.3, -0.25) is 14.4 Å². The zero-order chi connectivity index (χ0) is 19.6. The van der Waals surface area contributed by atoms with Crippen molar-refractivity contribution in [1.29, 1.82) is 0 Å². The highest BCUT2D eigenvalue weighted by molar-refractivity contribution is 6.15. The third-order valence-corrected chi connectivity index (χ3v) is 5.07. The molecule has 6 nitrogen and oxygen atoms in total. The Morgan fingerprint density at radius 3 is 2.52 bits per heavy atom. The van der Waals surface area contributed by atoms with Crippen molar-refractivity contribution < 1.29 is 14.4 Å². The molecule has 140 valence electrons. The average Bonchev–Trinajstić information content (AvgIpc) is 2.89. The molecule has 0 radical (unpaired) electrons. The van der Waals surface area contributed by atoms with Gasteiger partial charge in [0.25, 0.3) is 5.91 Å². The molecular weight excluding hydrogens is 342 g/mol. The smallest absolute Gasteiger partial charge is 0.271 e. The van der Waals surface area contributed by atoms with Gasteiger partial charge in [-0.2, -0.15) is 5.10 Å².